The molecule has 6 nitrogen and oxygen atoms in total. The van der Waals surface area contributed by atoms with E-state index in [0.717, 1.165) is 11.3 Å². The number of carbonyl (C=O) groups excluding carboxylic acids is 2. The molecule has 0 aromatic heterocycles. The minimum atomic E-state index is -0.541. The maximum Gasteiger partial charge on any atom is 0.255 e. The first-order chi connectivity index (χ1) is 13.6. The van der Waals surface area contributed by atoms with Crippen LogP contribution in [0.1, 0.15) is 22.3 Å². The Kier molecular flexibility index (Phi) is 6.46. The molecule has 2 aromatic rings. The molecule has 1 atom stereocenters. The highest BCUT2D eigenvalue weighted by atomic mass is 32.2. The van der Waals surface area contributed by atoms with E-state index in [2.05, 4.69) is 5.32 Å². The first-order valence-electron chi connectivity index (χ1n) is 8.99. The van der Waals surface area contributed by atoms with E-state index in [1.807, 2.05) is 30.5 Å². The number of benzene rings is 2. The number of nitrogens with one attached hydrogen (secondary N) is 1. The van der Waals surface area contributed by atoms with Crippen molar-refractivity contribution in [3.05, 3.63) is 53.6 Å². The van der Waals surface area contributed by atoms with E-state index in [1.54, 1.807) is 49.1 Å². The molecule has 0 bridgehead atoms. The van der Waals surface area contributed by atoms with Gasteiger partial charge in [-0.3, -0.25) is 9.59 Å². The Morgan fingerprint density at radius 1 is 1.18 bits per heavy atom. The van der Waals surface area contributed by atoms with Crippen molar-refractivity contribution in [1.82, 2.24) is 4.90 Å². The number of ether oxygens (including phenoxy) is 2. The second-order valence-corrected chi connectivity index (χ2v) is 7.43. The summed E-state index contributed by atoms with van der Waals surface area (Å²) in [7, 11) is 3.11. The van der Waals surface area contributed by atoms with Crippen LogP contribution in [0.2, 0.25) is 0 Å². The van der Waals surface area contributed by atoms with E-state index in [1.165, 1.54) is 0 Å². The number of hydrogen-bond donors (Lipinski definition) is 1. The molecule has 0 unspecified atom stereocenters. The minimum absolute atomic E-state index is 0.0934. The molecule has 1 N–H and O–H groups in total. The fourth-order valence-electron chi connectivity index (χ4n) is 3.33. The maximum atomic E-state index is 13.1. The summed E-state index contributed by atoms with van der Waals surface area (Å²) < 4.78 is 10.5. The van der Waals surface area contributed by atoms with Crippen LogP contribution in [0.15, 0.2) is 42.5 Å². The molecule has 1 aliphatic rings. The van der Waals surface area contributed by atoms with Crippen LogP contribution >= 0.6 is 11.8 Å². The van der Waals surface area contributed by atoms with Crippen molar-refractivity contribution in [3.8, 4) is 11.5 Å². The van der Waals surface area contributed by atoms with Crippen molar-refractivity contribution < 1.29 is 19.1 Å². The third-order valence-electron chi connectivity index (χ3n) is 4.77. The summed E-state index contributed by atoms with van der Waals surface area (Å²) in [4.78, 5) is 27.6. The SMILES string of the molecule is COc1ccc(NC(=O)[C@H](CCSC)N2Cc3ccccc3C2=O)cc1OC. The zero-order chi connectivity index (χ0) is 20.1. The number of rotatable bonds is 8. The molecular weight excluding hydrogens is 376 g/mol. The molecule has 3 rings (SSSR count). The number of anilines is 1. The molecule has 0 fully saturated rings. The second kappa shape index (κ2) is 9.01. The Morgan fingerprint density at radius 2 is 1.93 bits per heavy atom. The van der Waals surface area contributed by atoms with Gasteiger partial charge in [-0.1, -0.05) is 18.2 Å². The highest BCUT2D eigenvalue weighted by molar-refractivity contribution is 7.98. The van der Waals surface area contributed by atoms with Crippen LogP contribution in [0.25, 0.3) is 0 Å². The van der Waals surface area contributed by atoms with Gasteiger partial charge in [-0.25, -0.2) is 0 Å². The van der Waals surface area contributed by atoms with E-state index in [9.17, 15) is 9.59 Å². The van der Waals surface area contributed by atoms with Crippen LogP contribution in [0.4, 0.5) is 5.69 Å². The predicted octanol–water partition coefficient (Wildman–Crippen LogP) is 3.42. The van der Waals surface area contributed by atoms with Gasteiger partial charge in [0.2, 0.25) is 5.91 Å². The van der Waals surface area contributed by atoms with Crippen molar-refractivity contribution >= 4 is 29.3 Å². The highest BCUT2D eigenvalue weighted by Gasteiger charge is 2.35. The molecule has 2 aromatic carbocycles. The van der Waals surface area contributed by atoms with Gasteiger partial charge in [0.25, 0.3) is 5.91 Å². The normalized spacial score (nSPS) is 13.8. The summed E-state index contributed by atoms with van der Waals surface area (Å²) in [5, 5.41) is 2.92. The molecule has 0 spiro atoms. The van der Waals surface area contributed by atoms with Gasteiger partial charge in [0.05, 0.1) is 14.2 Å². The topological polar surface area (TPSA) is 67.9 Å². The van der Waals surface area contributed by atoms with Gasteiger partial charge in [0.15, 0.2) is 11.5 Å². The van der Waals surface area contributed by atoms with Gasteiger partial charge in [0.1, 0.15) is 6.04 Å². The summed E-state index contributed by atoms with van der Waals surface area (Å²) in [5.74, 6) is 1.60. The third kappa shape index (κ3) is 4.09. The molecule has 148 valence electrons. The molecule has 0 radical (unpaired) electrons. The van der Waals surface area contributed by atoms with Crippen LogP contribution in [-0.4, -0.2) is 49.0 Å². The third-order valence-corrected chi connectivity index (χ3v) is 5.42. The van der Waals surface area contributed by atoms with Gasteiger partial charge in [-0.15, -0.1) is 0 Å². The summed E-state index contributed by atoms with van der Waals surface area (Å²) in [6.45, 7) is 0.452. The second-order valence-electron chi connectivity index (χ2n) is 6.45. The number of nitrogens with zero attached hydrogens (tertiary/aromatic N) is 1. The van der Waals surface area contributed by atoms with Crippen molar-refractivity contribution in [2.45, 2.75) is 19.0 Å². The number of thioether (sulfide) groups is 1. The molecule has 0 aliphatic carbocycles. The first-order valence-corrected chi connectivity index (χ1v) is 10.4. The zero-order valence-electron chi connectivity index (χ0n) is 16.2. The number of amides is 2. The minimum Gasteiger partial charge on any atom is -0.493 e. The van der Waals surface area contributed by atoms with Crippen molar-refractivity contribution in [1.29, 1.82) is 0 Å². The van der Waals surface area contributed by atoms with Gasteiger partial charge in [-0.2, -0.15) is 11.8 Å². The van der Waals surface area contributed by atoms with Crippen LogP contribution < -0.4 is 14.8 Å². The average molecular weight is 401 g/mol. The van der Waals surface area contributed by atoms with Crippen LogP contribution in [-0.2, 0) is 11.3 Å². The molecule has 1 aliphatic heterocycles. The zero-order valence-corrected chi connectivity index (χ0v) is 17.0. The van der Waals surface area contributed by atoms with Gasteiger partial charge >= 0.3 is 0 Å². The first kappa shape index (κ1) is 20.1. The maximum absolute atomic E-state index is 13.1. The lowest BCUT2D eigenvalue weighted by atomic mass is 10.1. The van der Waals surface area contributed by atoms with Crippen LogP contribution in [0, 0.1) is 0 Å². The van der Waals surface area contributed by atoms with Crippen molar-refractivity contribution in [2.75, 3.05) is 31.5 Å². The summed E-state index contributed by atoms with van der Waals surface area (Å²) in [5.41, 5.74) is 2.23. The van der Waals surface area contributed by atoms with Gasteiger partial charge in [0, 0.05) is 23.9 Å². The molecular formula is C21H24N2O4S. The summed E-state index contributed by atoms with van der Waals surface area (Å²) in [6, 6.07) is 12.2. The summed E-state index contributed by atoms with van der Waals surface area (Å²) >= 11 is 1.65. The Labute approximate surface area is 169 Å². The smallest absolute Gasteiger partial charge is 0.255 e. The molecule has 0 saturated heterocycles. The number of fused-ring (bicyclic) bond motifs is 1. The summed E-state index contributed by atoms with van der Waals surface area (Å²) in [6.07, 6.45) is 2.57. The van der Waals surface area contributed by atoms with E-state index < -0.39 is 6.04 Å². The molecule has 28 heavy (non-hydrogen) atoms. The Hall–Kier alpha value is -2.67. The highest BCUT2D eigenvalue weighted by Crippen LogP contribution is 2.31. The van der Waals surface area contributed by atoms with Crippen LogP contribution in [0.3, 0.4) is 0 Å². The van der Waals surface area contributed by atoms with Gasteiger partial charge < -0.3 is 19.7 Å². The van der Waals surface area contributed by atoms with Crippen molar-refractivity contribution in [3.63, 3.8) is 0 Å². The van der Waals surface area contributed by atoms with E-state index in [4.69, 9.17) is 9.47 Å². The number of methoxy groups -OCH3 is 2. The lowest BCUT2D eigenvalue weighted by molar-refractivity contribution is -0.120. The monoisotopic (exact) mass is 400 g/mol. The van der Waals surface area contributed by atoms with E-state index in [-0.39, 0.29) is 11.8 Å². The Balaban J connectivity index is 1.80. The molecule has 0 saturated carbocycles. The largest absolute Gasteiger partial charge is 0.493 e. The molecule has 1 heterocycles. The molecule has 2 amide bonds. The van der Waals surface area contributed by atoms with E-state index >= 15 is 0 Å². The standard InChI is InChI=1S/C21H24N2O4S/c1-26-18-9-8-15(12-19(18)27-2)22-20(24)17(10-11-28-3)23-13-14-6-4-5-7-16(14)21(23)25/h4-9,12,17H,10-11,13H2,1-3H3,(H,22,24)/t17-/m0/s1. The Bertz CT molecular complexity index is 871. The van der Waals surface area contributed by atoms with Crippen LogP contribution in [0.5, 0.6) is 11.5 Å². The molecule has 7 heteroatoms. The fourth-order valence-corrected chi connectivity index (χ4v) is 3.79. The predicted molar refractivity (Wildman–Crippen MR) is 111 cm³/mol. The lowest BCUT2D eigenvalue weighted by Gasteiger charge is -2.27. The fraction of sp³-hybridized carbons (Fsp3) is 0.333. The lowest BCUT2D eigenvalue weighted by Crippen LogP contribution is -2.44. The number of hydrogen-bond acceptors (Lipinski definition) is 5. The Morgan fingerprint density at radius 3 is 2.61 bits per heavy atom. The van der Waals surface area contributed by atoms with Crippen molar-refractivity contribution in [2.24, 2.45) is 0 Å². The average Bonchev–Trinajstić information content (AvgIpc) is 3.05. The quantitative estimate of drug-likeness (QED) is 0.735. The number of carbonyl (C=O) groups is 2. The van der Waals surface area contributed by atoms with E-state index in [0.29, 0.717) is 35.7 Å². The van der Waals surface area contributed by atoms with Gasteiger partial charge in [-0.05, 0) is 42.2 Å².